The third kappa shape index (κ3) is 3.00. The van der Waals surface area contributed by atoms with Crippen LogP contribution in [-0.4, -0.2) is 41.0 Å². The average Bonchev–Trinajstić information content (AvgIpc) is 3.04. The van der Waals surface area contributed by atoms with Gasteiger partial charge in [0.1, 0.15) is 12.1 Å². The molecule has 1 aromatic carbocycles. The highest BCUT2D eigenvalue weighted by molar-refractivity contribution is 7.17. The number of hydrogen-bond acceptors (Lipinski definition) is 6. The molecule has 5 nitrogen and oxygen atoms in total. The lowest BCUT2D eigenvalue weighted by atomic mass is 10.2. The smallest absolute Gasteiger partial charge is 0.150 e. The van der Waals surface area contributed by atoms with E-state index in [0.29, 0.717) is 0 Å². The molecule has 3 heterocycles. The zero-order chi connectivity index (χ0) is 15.6. The van der Waals surface area contributed by atoms with Crippen LogP contribution in [0.3, 0.4) is 0 Å². The maximum Gasteiger partial charge on any atom is 0.150 e. The van der Waals surface area contributed by atoms with Crippen molar-refractivity contribution >= 4 is 33.1 Å². The first-order valence-corrected chi connectivity index (χ1v) is 8.67. The zero-order valence-electron chi connectivity index (χ0n) is 12.9. The highest BCUT2D eigenvalue weighted by atomic mass is 32.1. The van der Waals surface area contributed by atoms with E-state index < -0.39 is 0 Å². The molecule has 118 valence electrons. The summed E-state index contributed by atoms with van der Waals surface area (Å²) in [6, 6.07) is 10.2. The second-order valence-electron chi connectivity index (χ2n) is 5.84. The summed E-state index contributed by atoms with van der Waals surface area (Å²) in [6.07, 6.45) is 1.67. The Labute approximate surface area is 139 Å². The molecule has 1 fully saturated rings. The third-order valence-corrected chi connectivity index (χ3v) is 5.15. The van der Waals surface area contributed by atoms with Crippen molar-refractivity contribution in [3.05, 3.63) is 47.6 Å². The summed E-state index contributed by atoms with van der Waals surface area (Å²) in [4.78, 5) is 13.7. The molecule has 0 radical (unpaired) electrons. The molecule has 2 N–H and O–H groups in total. The van der Waals surface area contributed by atoms with Gasteiger partial charge < -0.3 is 10.6 Å². The standard InChI is InChI=1S/C17H19N5S/c18-14-3-1-2-13(10-14)11-21-5-7-22(8-6-21)17-16-15(4-9-23-16)19-12-20-17/h1-4,9-10,12H,5-8,11,18H2. The molecule has 3 aromatic rings. The molecule has 0 unspecified atom stereocenters. The first-order valence-electron chi connectivity index (χ1n) is 7.79. The number of aromatic nitrogens is 2. The average molecular weight is 325 g/mol. The van der Waals surface area contributed by atoms with E-state index >= 15 is 0 Å². The van der Waals surface area contributed by atoms with Gasteiger partial charge in [0.2, 0.25) is 0 Å². The van der Waals surface area contributed by atoms with Gasteiger partial charge >= 0.3 is 0 Å². The van der Waals surface area contributed by atoms with Gasteiger partial charge in [-0.15, -0.1) is 11.3 Å². The first kappa shape index (κ1) is 14.4. The van der Waals surface area contributed by atoms with Crippen molar-refractivity contribution in [1.29, 1.82) is 0 Å². The van der Waals surface area contributed by atoms with Gasteiger partial charge in [-0.3, -0.25) is 4.90 Å². The first-order chi connectivity index (χ1) is 11.3. The Morgan fingerprint density at radius 1 is 1.09 bits per heavy atom. The largest absolute Gasteiger partial charge is 0.399 e. The summed E-state index contributed by atoms with van der Waals surface area (Å²) < 4.78 is 1.19. The van der Waals surface area contributed by atoms with Gasteiger partial charge in [0.05, 0.1) is 10.2 Å². The van der Waals surface area contributed by atoms with E-state index in [9.17, 15) is 0 Å². The molecule has 6 heteroatoms. The number of rotatable bonds is 3. The van der Waals surface area contributed by atoms with Crippen LogP contribution in [0.15, 0.2) is 42.0 Å². The topological polar surface area (TPSA) is 58.3 Å². The predicted octanol–water partition coefficient (Wildman–Crippen LogP) is 2.60. The number of nitrogens with zero attached hydrogens (tertiary/aromatic N) is 4. The van der Waals surface area contributed by atoms with Crippen LogP contribution in [0.2, 0.25) is 0 Å². The fourth-order valence-corrected chi connectivity index (χ4v) is 3.93. The number of nitrogen functional groups attached to an aromatic ring is 1. The van der Waals surface area contributed by atoms with E-state index in [2.05, 4.69) is 43.3 Å². The van der Waals surface area contributed by atoms with E-state index in [4.69, 9.17) is 5.73 Å². The Morgan fingerprint density at radius 3 is 2.78 bits per heavy atom. The van der Waals surface area contributed by atoms with Crippen LogP contribution in [0.25, 0.3) is 10.2 Å². The number of hydrogen-bond donors (Lipinski definition) is 1. The lowest BCUT2D eigenvalue weighted by Crippen LogP contribution is -2.46. The number of thiophene rings is 1. The molecular weight excluding hydrogens is 306 g/mol. The van der Waals surface area contributed by atoms with Crippen molar-refractivity contribution in [2.45, 2.75) is 6.54 Å². The van der Waals surface area contributed by atoms with Gasteiger partial charge in [-0.05, 0) is 29.1 Å². The maximum atomic E-state index is 5.86. The fourth-order valence-electron chi connectivity index (χ4n) is 3.07. The van der Waals surface area contributed by atoms with Crippen molar-refractivity contribution in [2.24, 2.45) is 0 Å². The minimum Gasteiger partial charge on any atom is -0.399 e. The number of nitrogens with two attached hydrogens (primary N) is 1. The highest BCUT2D eigenvalue weighted by Gasteiger charge is 2.20. The molecule has 1 aliphatic rings. The molecule has 0 atom stereocenters. The molecule has 0 bridgehead atoms. The van der Waals surface area contributed by atoms with Crippen LogP contribution < -0.4 is 10.6 Å². The van der Waals surface area contributed by atoms with E-state index in [1.807, 2.05) is 12.1 Å². The Kier molecular flexibility index (Phi) is 3.85. The van der Waals surface area contributed by atoms with Crippen LogP contribution in [0.5, 0.6) is 0 Å². The number of fused-ring (bicyclic) bond motifs is 1. The van der Waals surface area contributed by atoms with Crippen LogP contribution in [0.1, 0.15) is 5.56 Å². The van der Waals surface area contributed by atoms with E-state index in [1.54, 1.807) is 17.7 Å². The minimum atomic E-state index is 0.835. The van der Waals surface area contributed by atoms with Gasteiger partial charge in [-0.1, -0.05) is 12.1 Å². The van der Waals surface area contributed by atoms with Gasteiger partial charge in [0.25, 0.3) is 0 Å². The number of piperazine rings is 1. The molecule has 23 heavy (non-hydrogen) atoms. The Balaban J connectivity index is 1.44. The van der Waals surface area contributed by atoms with Gasteiger partial charge in [-0.25, -0.2) is 9.97 Å². The van der Waals surface area contributed by atoms with Crippen molar-refractivity contribution in [2.75, 3.05) is 36.8 Å². The van der Waals surface area contributed by atoms with E-state index in [1.165, 1.54) is 10.3 Å². The van der Waals surface area contributed by atoms with E-state index in [0.717, 1.165) is 49.7 Å². The molecule has 1 saturated heterocycles. The zero-order valence-corrected chi connectivity index (χ0v) is 13.7. The Morgan fingerprint density at radius 2 is 1.96 bits per heavy atom. The van der Waals surface area contributed by atoms with Gasteiger partial charge in [0.15, 0.2) is 0 Å². The summed E-state index contributed by atoms with van der Waals surface area (Å²) in [5.74, 6) is 1.08. The molecule has 0 spiro atoms. The van der Waals surface area contributed by atoms with Crippen LogP contribution in [-0.2, 0) is 6.54 Å². The highest BCUT2D eigenvalue weighted by Crippen LogP contribution is 2.28. The summed E-state index contributed by atoms with van der Waals surface area (Å²) in [7, 11) is 0. The third-order valence-electron chi connectivity index (χ3n) is 4.25. The van der Waals surface area contributed by atoms with Gasteiger partial charge in [-0.2, -0.15) is 0 Å². The SMILES string of the molecule is Nc1cccc(CN2CCN(c3ncnc4ccsc34)CC2)c1. The molecule has 1 aliphatic heterocycles. The van der Waals surface area contributed by atoms with Crippen molar-refractivity contribution in [3.63, 3.8) is 0 Å². The molecule has 4 rings (SSSR count). The molecule has 0 aliphatic carbocycles. The summed E-state index contributed by atoms with van der Waals surface area (Å²) in [6.45, 7) is 5.01. The van der Waals surface area contributed by atoms with Crippen LogP contribution in [0, 0.1) is 0 Å². The minimum absolute atomic E-state index is 0.835. The number of benzene rings is 1. The second-order valence-corrected chi connectivity index (χ2v) is 6.76. The van der Waals surface area contributed by atoms with Gasteiger partial charge in [0, 0.05) is 38.4 Å². The van der Waals surface area contributed by atoms with Crippen LogP contribution in [0.4, 0.5) is 11.5 Å². The summed E-state index contributed by atoms with van der Waals surface area (Å²) >= 11 is 1.72. The molecule has 0 amide bonds. The lowest BCUT2D eigenvalue weighted by molar-refractivity contribution is 0.249. The normalized spacial score (nSPS) is 16.1. The Bertz CT molecular complexity index is 807. The summed E-state index contributed by atoms with van der Waals surface area (Å²) in [5.41, 5.74) is 9.02. The lowest BCUT2D eigenvalue weighted by Gasteiger charge is -2.35. The number of anilines is 2. The van der Waals surface area contributed by atoms with Crippen LogP contribution >= 0.6 is 11.3 Å². The summed E-state index contributed by atoms with van der Waals surface area (Å²) in [5, 5.41) is 2.08. The molecular formula is C17H19N5S. The van der Waals surface area contributed by atoms with Crippen molar-refractivity contribution in [3.8, 4) is 0 Å². The maximum absolute atomic E-state index is 5.86. The van der Waals surface area contributed by atoms with E-state index in [-0.39, 0.29) is 0 Å². The molecule has 2 aromatic heterocycles. The molecule has 0 saturated carbocycles. The second kappa shape index (κ2) is 6.14. The monoisotopic (exact) mass is 325 g/mol. The predicted molar refractivity (Wildman–Crippen MR) is 95.8 cm³/mol. The quantitative estimate of drug-likeness (QED) is 0.750. The fraction of sp³-hybridized carbons (Fsp3) is 0.294. The Hall–Kier alpha value is -2.18. The van der Waals surface area contributed by atoms with Crippen molar-refractivity contribution < 1.29 is 0 Å². The van der Waals surface area contributed by atoms with Crippen molar-refractivity contribution in [1.82, 2.24) is 14.9 Å².